The van der Waals surface area contributed by atoms with Crippen molar-refractivity contribution in [3.05, 3.63) is 83.2 Å². The molecule has 0 radical (unpaired) electrons. The van der Waals surface area contributed by atoms with Gasteiger partial charge in [0.05, 0.1) is 22.9 Å². The van der Waals surface area contributed by atoms with Crippen molar-refractivity contribution in [2.24, 2.45) is 7.05 Å². The maximum Gasteiger partial charge on any atom is 0.259 e. The highest BCUT2D eigenvalue weighted by Crippen LogP contribution is 2.36. The van der Waals surface area contributed by atoms with Gasteiger partial charge in [0.1, 0.15) is 0 Å². The Morgan fingerprint density at radius 3 is 2.50 bits per heavy atom. The minimum absolute atomic E-state index is 0.231. The van der Waals surface area contributed by atoms with Gasteiger partial charge in [-0.2, -0.15) is 5.10 Å². The fraction of sp³-hybridized carbons (Fsp3) is 0.280. The van der Waals surface area contributed by atoms with Crippen LogP contribution in [-0.2, 0) is 28.5 Å². The molecule has 0 saturated carbocycles. The summed E-state index contributed by atoms with van der Waals surface area (Å²) < 4.78 is 1.72. The monoisotopic (exact) mass is 430 g/mol. The molecule has 0 spiro atoms. The number of nitrogens with one attached hydrogen (secondary N) is 2. The molecule has 3 aromatic rings. The number of carbonyl (C=O) groups is 3. The number of imide groups is 1. The van der Waals surface area contributed by atoms with E-state index in [4.69, 9.17) is 0 Å². The van der Waals surface area contributed by atoms with Crippen molar-refractivity contribution in [1.82, 2.24) is 15.1 Å². The third-order valence-corrected chi connectivity index (χ3v) is 6.29. The van der Waals surface area contributed by atoms with E-state index >= 15 is 0 Å². The first-order valence-corrected chi connectivity index (χ1v) is 10.7. The lowest BCUT2D eigenvalue weighted by Gasteiger charge is -2.35. The Labute approximate surface area is 186 Å². The van der Waals surface area contributed by atoms with E-state index in [0.29, 0.717) is 36.9 Å². The van der Waals surface area contributed by atoms with Crippen molar-refractivity contribution in [2.75, 3.05) is 5.32 Å². The topological polar surface area (TPSA) is 93.1 Å². The Bertz CT molecular complexity index is 1150. The molecule has 1 aromatic heterocycles. The molecule has 1 saturated heterocycles. The summed E-state index contributed by atoms with van der Waals surface area (Å²) in [6.07, 6.45) is 3.58. The molecule has 1 unspecified atom stereocenters. The zero-order valence-corrected chi connectivity index (χ0v) is 18.2. The van der Waals surface area contributed by atoms with Gasteiger partial charge in [0, 0.05) is 25.6 Å². The zero-order valence-electron chi connectivity index (χ0n) is 18.2. The van der Waals surface area contributed by atoms with Gasteiger partial charge in [-0.25, -0.2) is 0 Å². The number of aromatic nitrogens is 2. The van der Waals surface area contributed by atoms with Gasteiger partial charge in [0.25, 0.3) is 5.91 Å². The van der Waals surface area contributed by atoms with E-state index in [9.17, 15) is 14.4 Å². The average Bonchev–Trinajstić information content (AvgIpc) is 3.16. The Morgan fingerprint density at radius 2 is 1.84 bits per heavy atom. The van der Waals surface area contributed by atoms with Gasteiger partial charge >= 0.3 is 0 Å². The molecule has 2 aromatic carbocycles. The Balaban J connectivity index is 1.52. The highest BCUT2D eigenvalue weighted by molar-refractivity contribution is 6.05. The SMILES string of the molecule is CCC1(c2ccc(NC(=O)c3cnn(C)c3Cc3ccccc3)cc2)CCC(=O)NC1=O. The number of benzene rings is 2. The second-order valence-corrected chi connectivity index (χ2v) is 8.14. The highest BCUT2D eigenvalue weighted by atomic mass is 16.2. The fourth-order valence-corrected chi connectivity index (χ4v) is 4.29. The van der Waals surface area contributed by atoms with Crippen molar-refractivity contribution in [1.29, 1.82) is 0 Å². The summed E-state index contributed by atoms with van der Waals surface area (Å²) in [4.78, 5) is 37.1. The average molecular weight is 431 g/mol. The minimum atomic E-state index is -0.720. The van der Waals surface area contributed by atoms with E-state index in [1.54, 1.807) is 23.0 Å². The molecular formula is C25H26N4O3. The number of anilines is 1. The van der Waals surface area contributed by atoms with Gasteiger partial charge in [-0.1, -0.05) is 49.4 Å². The molecule has 3 amide bonds. The molecular weight excluding hydrogens is 404 g/mol. The molecule has 0 bridgehead atoms. The lowest BCUT2D eigenvalue weighted by molar-refractivity contribution is -0.138. The van der Waals surface area contributed by atoms with Crippen LogP contribution in [0.4, 0.5) is 5.69 Å². The van der Waals surface area contributed by atoms with E-state index < -0.39 is 5.41 Å². The van der Waals surface area contributed by atoms with Gasteiger partial charge in [0.15, 0.2) is 0 Å². The molecule has 7 nitrogen and oxygen atoms in total. The second-order valence-electron chi connectivity index (χ2n) is 8.14. The van der Waals surface area contributed by atoms with Crippen LogP contribution in [0.25, 0.3) is 0 Å². The normalized spacial score (nSPS) is 18.3. The van der Waals surface area contributed by atoms with Crippen molar-refractivity contribution in [2.45, 2.75) is 38.0 Å². The molecule has 1 aliphatic heterocycles. The first-order chi connectivity index (χ1) is 15.4. The number of amides is 3. The Kier molecular flexibility index (Phi) is 5.90. The molecule has 1 atom stereocenters. The number of carbonyl (C=O) groups excluding carboxylic acids is 3. The van der Waals surface area contributed by atoms with Crippen molar-refractivity contribution >= 4 is 23.4 Å². The van der Waals surface area contributed by atoms with Crippen LogP contribution in [0.2, 0.25) is 0 Å². The van der Waals surface area contributed by atoms with Crippen molar-refractivity contribution in [3.63, 3.8) is 0 Å². The first kappa shape index (κ1) is 21.5. The van der Waals surface area contributed by atoms with E-state index in [-0.39, 0.29) is 17.7 Å². The van der Waals surface area contributed by atoms with Crippen LogP contribution in [0.3, 0.4) is 0 Å². The molecule has 0 aliphatic carbocycles. The number of aryl methyl sites for hydroxylation is 1. The van der Waals surface area contributed by atoms with E-state index in [0.717, 1.165) is 16.8 Å². The van der Waals surface area contributed by atoms with E-state index in [1.807, 2.05) is 56.4 Å². The first-order valence-electron chi connectivity index (χ1n) is 10.7. The predicted octanol–water partition coefficient (Wildman–Crippen LogP) is 3.35. The van der Waals surface area contributed by atoms with Crippen molar-refractivity contribution < 1.29 is 14.4 Å². The lowest BCUT2D eigenvalue weighted by Crippen LogP contribution is -2.51. The molecule has 164 valence electrons. The van der Waals surface area contributed by atoms with Crippen molar-refractivity contribution in [3.8, 4) is 0 Å². The smallest absolute Gasteiger partial charge is 0.259 e. The highest BCUT2D eigenvalue weighted by Gasteiger charge is 2.42. The van der Waals surface area contributed by atoms with Crippen LogP contribution in [0, 0.1) is 0 Å². The summed E-state index contributed by atoms with van der Waals surface area (Å²) >= 11 is 0. The van der Waals surface area contributed by atoms with Gasteiger partial charge < -0.3 is 5.32 Å². The van der Waals surface area contributed by atoms with Gasteiger partial charge in [-0.3, -0.25) is 24.4 Å². The largest absolute Gasteiger partial charge is 0.322 e. The molecule has 1 fully saturated rings. The van der Waals surface area contributed by atoms with Crippen LogP contribution >= 0.6 is 0 Å². The molecule has 2 N–H and O–H groups in total. The molecule has 32 heavy (non-hydrogen) atoms. The lowest BCUT2D eigenvalue weighted by atomic mass is 9.72. The maximum atomic E-state index is 13.0. The summed E-state index contributed by atoms with van der Waals surface area (Å²) in [5, 5.41) is 9.66. The Morgan fingerprint density at radius 1 is 1.12 bits per heavy atom. The van der Waals surface area contributed by atoms with Gasteiger partial charge in [-0.05, 0) is 36.1 Å². The summed E-state index contributed by atoms with van der Waals surface area (Å²) in [7, 11) is 1.83. The third kappa shape index (κ3) is 4.06. The standard InChI is InChI=1S/C25H26N4O3/c1-3-25(14-13-22(30)28-24(25)32)18-9-11-19(12-10-18)27-23(31)20-16-26-29(2)21(20)15-17-7-5-4-6-8-17/h4-12,16H,3,13-15H2,1-2H3,(H,27,31)(H,28,30,32). The summed E-state index contributed by atoms with van der Waals surface area (Å²) in [6, 6.07) is 17.2. The fourth-order valence-electron chi connectivity index (χ4n) is 4.29. The summed E-state index contributed by atoms with van der Waals surface area (Å²) in [6.45, 7) is 1.95. The van der Waals surface area contributed by atoms with E-state index in [1.165, 1.54) is 0 Å². The predicted molar refractivity (Wildman–Crippen MR) is 121 cm³/mol. The van der Waals surface area contributed by atoms with Crippen LogP contribution < -0.4 is 10.6 Å². The third-order valence-electron chi connectivity index (χ3n) is 6.29. The van der Waals surface area contributed by atoms with Crippen LogP contribution in [0.1, 0.15) is 53.4 Å². The summed E-state index contributed by atoms with van der Waals surface area (Å²) in [5.74, 6) is -0.720. The van der Waals surface area contributed by atoms with Crippen LogP contribution in [0.15, 0.2) is 60.8 Å². The molecule has 1 aliphatic rings. The Hall–Kier alpha value is -3.74. The molecule has 7 heteroatoms. The number of nitrogens with zero attached hydrogens (tertiary/aromatic N) is 2. The molecule has 2 heterocycles. The number of piperidine rings is 1. The summed E-state index contributed by atoms with van der Waals surface area (Å²) in [5.41, 5.74) is 3.21. The zero-order chi connectivity index (χ0) is 22.7. The number of rotatable bonds is 6. The van der Waals surface area contributed by atoms with E-state index in [2.05, 4.69) is 15.7 Å². The van der Waals surface area contributed by atoms with Crippen LogP contribution in [-0.4, -0.2) is 27.5 Å². The second kappa shape index (κ2) is 8.78. The minimum Gasteiger partial charge on any atom is -0.322 e. The van der Waals surface area contributed by atoms with Gasteiger partial charge in [-0.15, -0.1) is 0 Å². The molecule has 4 rings (SSSR count). The maximum absolute atomic E-state index is 13.0. The van der Waals surface area contributed by atoms with Crippen LogP contribution in [0.5, 0.6) is 0 Å². The quantitative estimate of drug-likeness (QED) is 0.587. The van der Waals surface area contributed by atoms with Gasteiger partial charge in [0.2, 0.25) is 11.8 Å². The number of hydrogen-bond donors (Lipinski definition) is 2. The number of hydrogen-bond acceptors (Lipinski definition) is 4.